The third-order valence-electron chi connectivity index (χ3n) is 1.80. The predicted octanol–water partition coefficient (Wildman–Crippen LogP) is 2.77. The van der Waals surface area contributed by atoms with Crippen molar-refractivity contribution in [1.82, 2.24) is 0 Å². The summed E-state index contributed by atoms with van der Waals surface area (Å²) in [5.41, 5.74) is 0.638. The largest absolute Gasteiger partial charge is 0.453 e. The number of hydrogen-bond donors (Lipinski definition) is 1. The Balaban J connectivity index is 2.45. The summed E-state index contributed by atoms with van der Waals surface area (Å²) >= 11 is 5.68. The highest BCUT2D eigenvalue weighted by Crippen LogP contribution is 2.27. The molecule has 0 saturated heterocycles. The van der Waals surface area contributed by atoms with Crippen molar-refractivity contribution < 1.29 is 9.52 Å². The Kier molecular flexibility index (Phi) is 3.88. The second-order valence-electron chi connectivity index (χ2n) is 2.76. The molecule has 1 N–H and O–H groups in total. The van der Waals surface area contributed by atoms with Crippen LogP contribution in [0.5, 0.6) is 0 Å². The van der Waals surface area contributed by atoms with Crippen LogP contribution in [-0.4, -0.2) is 5.11 Å². The van der Waals surface area contributed by atoms with E-state index < -0.39 is 6.10 Å². The van der Waals surface area contributed by atoms with Crippen LogP contribution >= 0.6 is 11.6 Å². The minimum Gasteiger partial charge on any atom is -0.453 e. The van der Waals surface area contributed by atoms with Crippen LogP contribution in [0.1, 0.15) is 30.9 Å². The molecular formula is C10H11ClO2. The summed E-state index contributed by atoms with van der Waals surface area (Å²) in [6.45, 7) is 0. The molecule has 0 aliphatic rings. The highest BCUT2D eigenvalue weighted by molar-refractivity contribution is 6.29. The van der Waals surface area contributed by atoms with E-state index in [-0.39, 0.29) is 5.22 Å². The maximum absolute atomic E-state index is 9.60. The highest BCUT2D eigenvalue weighted by Gasteiger charge is 2.12. The van der Waals surface area contributed by atoms with E-state index in [9.17, 15) is 5.11 Å². The van der Waals surface area contributed by atoms with Gasteiger partial charge in [0, 0.05) is 12.0 Å². The number of terminal acetylenes is 1. The molecule has 1 unspecified atom stereocenters. The molecule has 0 aliphatic heterocycles. The van der Waals surface area contributed by atoms with Crippen LogP contribution in [0.2, 0.25) is 5.22 Å². The normalized spacial score (nSPS) is 12.4. The zero-order valence-electron chi connectivity index (χ0n) is 7.16. The van der Waals surface area contributed by atoms with Gasteiger partial charge in [0.05, 0.1) is 12.4 Å². The minimum absolute atomic E-state index is 0.258. The summed E-state index contributed by atoms with van der Waals surface area (Å²) in [5.74, 6) is 2.52. The molecule has 2 nitrogen and oxygen atoms in total. The van der Waals surface area contributed by atoms with E-state index in [0.717, 1.165) is 6.42 Å². The van der Waals surface area contributed by atoms with Crippen LogP contribution in [0, 0.1) is 12.3 Å². The zero-order valence-corrected chi connectivity index (χ0v) is 7.92. The fourth-order valence-electron chi connectivity index (χ4n) is 1.10. The molecule has 0 bridgehead atoms. The van der Waals surface area contributed by atoms with Gasteiger partial charge in [0.25, 0.3) is 0 Å². The first-order valence-corrected chi connectivity index (χ1v) is 4.48. The Morgan fingerprint density at radius 3 is 3.00 bits per heavy atom. The standard InChI is InChI=1S/C10H11ClO2/c1-2-3-4-5-9(12)8-6-7-13-10(8)11/h1,6-7,9,12H,3-5H2. The van der Waals surface area contributed by atoms with Crippen molar-refractivity contribution in [2.45, 2.75) is 25.4 Å². The number of aliphatic hydroxyl groups is 1. The molecule has 3 heteroatoms. The summed E-state index contributed by atoms with van der Waals surface area (Å²) in [5, 5.41) is 9.86. The van der Waals surface area contributed by atoms with E-state index in [1.807, 2.05) is 0 Å². The third-order valence-corrected chi connectivity index (χ3v) is 2.11. The SMILES string of the molecule is C#CCCCC(O)c1ccoc1Cl. The van der Waals surface area contributed by atoms with Gasteiger partial charge in [-0.1, -0.05) is 0 Å². The molecule has 1 atom stereocenters. The van der Waals surface area contributed by atoms with Crippen molar-refractivity contribution in [3.05, 3.63) is 23.1 Å². The summed E-state index contributed by atoms with van der Waals surface area (Å²) in [7, 11) is 0. The van der Waals surface area contributed by atoms with E-state index in [1.165, 1.54) is 6.26 Å². The summed E-state index contributed by atoms with van der Waals surface area (Å²) in [4.78, 5) is 0. The number of hydrogen-bond acceptors (Lipinski definition) is 2. The smallest absolute Gasteiger partial charge is 0.198 e. The number of unbranched alkanes of at least 4 members (excludes halogenated alkanes) is 1. The average Bonchev–Trinajstić information content (AvgIpc) is 2.52. The van der Waals surface area contributed by atoms with Crippen LogP contribution in [-0.2, 0) is 0 Å². The van der Waals surface area contributed by atoms with Crippen molar-refractivity contribution in [2.75, 3.05) is 0 Å². The quantitative estimate of drug-likeness (QED) is 0.596. The Labute approximate surface area is 82.5 Å². The fourth-order valence-corrected chi connectivity index (χ4v) is 1.34. The van der Waals surface area contributed by atoms with E-state index in [0.29, 0.717) is 18.4 Å². The number of rotatable bonds is 4. The van der Waals surface area contributed by atoms with Gasteiger partial charge >= 0.3 is 0 Å². The van der Waals surface area contributed by atoms with Gasteiger partial charge in [-0.3, -0.25) is 0 Å². The van der Waals surface area contributed by atoms with Crippen LogP contribution < -0.4 is 0 Å². The van der Waals surface area contributed by atoms with Gasteiger partial charge in [-0.2, -0.15) is 0 Å². The number of halogens is 1. The van der Waals surface area contributed by atoms with Crippen molar-refractivity contribution in [2.24, 2.45) is 0 Å². The number of aliphatic hydroxyl groups excluding tert-OH is 1. The molecule has 70 valence electrons. The van der Waals surface area contributed by atoms with Gasteiger partial charge in [-0.15, -0.1) is 12.3 Å². The molecule has 0 fully saturated rings. The lowest BCUT2D eigenvalue weighted by atomic mass is 10.1. The Bertz CT molecular complexity index is 298. The van der Waals surface area contributed by atoms with E-state index >= 15 is 0 Å². The maximum Gasteiger partial charge on any atom is 0.198 e. The summed E-state index contributed by atoms with van der Waals surface area (Å²) in [6, 6.07) is 1.67. The molecule has 0 aliphatic carbocycles. The topological polar surface area (TPSA) is 33.4 Å². The monoisotopic (exact) mass is 198 g/mol. The van der Waals surface area contributed by atoms with Crippen LogP contribution in [0.15, 0.2) is 16.7 Å². The van der Waals surface area contributed by atoms with E-state index in [1.54, 1.807) is 6.07 Å². The van der Waals surface area contributed by atoms with Gasteiger partial charge in [0.2, 0.25) is 0 Å². The summed E-state index contributed by atoms with van der Waals surface area (Å²) in [6.07, 6.45) is 8.06. The minimum atomic E-state index is -0.570. The maximum atomic E-state index is 9.60. The van der Waals surface area contributed by atoms with Gasteiger partial charge in [0.1, 0.15) is 0 Å². The van der Waals surface area contributed by atoms with Crippen LogP contribution in [0.25, 0.3) is 0 Å². The molecule has 0 saturated carbocycles. The Hall–Kier alpha value is -0.910. The van der Waals surface area contributed by atoms with Crippen molar-refractivity contribution in [1.29, 1.82) is 0 Å². The molecule has 1 rings (SSSR count). The van der Waals surface area contributed by atoms with Crippen LogP contribution in [0.4, 0.5) is 0 Å². The molecular weight excluding hydrogens is 188 g/mol. The summed E-state index contributed by atoms with van der Waals surface area (Å²) < 4.78 is 4.86. The first-order chi connectivity index (χ1) is 6.25. The predicted molar refractivity (Wildman–Crippen MR) is 51.4 cm³/mol. The lowest BCUT2D eigenvalue weighted by Crippen LogP contribution is -1.95. The van der Waals surface area contributed by atoms with Crippen molar-refractivity contribution in [3.8, 4) is 12.3 Å². The average molecular weight is 199 g/mol. The van der Waals surface area contributed by atoms with Crippen molar-refractivity contribution >= 4 is 11.6 Å². The lowest BCUT2D eigenvalue weighted by molar-refractivity contribution is 0.164. The van der Waals surface area contributed by atoms with Crippen LogP contribution in [0.3, 0.4) is 0 Å². The second kappa shape index (κ2) is 4.96. The lowest BCUT2D eigenvalue weighted by Gasteiger charge is -2.06. The Morgan fingerprint density at radius 2 is 2.46 bits per heavy atom. The van der Waals surface area contributed by atoms with Crippen molar-refractivity contribution in [3.63, 3.8) is 0 Å². The molecule has 13 heavy (non-hydrogen) atoms. The fraction of sp³-hybridized carbons (Fsp3) is 0.400. The van der Waals surface area contributed by atoms with E-state index in [4.69, 9.17) is 22.4 Å². The molecule has 0 amide bonds. The Morgan fingerprint density at radius 1 is 1.69 bits per heavy atom. The molecule has 0 aromatic carbocycles. The molecule has 1 heterocycles. The second-order valence-corrected chi connectivity index (χ2v) is 3.11. The van der Waals surface area contributed by atoms with Gasteiger partial charge in [-0.05, 0) is 30.5 Å². The molecule has 1 aromatic heterocycles. The highest BCUT2D eigenvalue weighted by atomic mass is 35.5. The van der Waals surface area contributed by atoms with Gasteiger partial charge < -0.3 is 9.52 Å². The molecule has 0 radical (unpaired) electrons. The number of furan rings is 1. The van der Waals surface area contributed by atoms with Gasteiger partial charge in [-0.25, -0.2) is 0 Å². The first kappa shape index (κ1) is 10.2. The first-order valence-electron chi connectivity index (χ1n) is 4.10. The van der Waals surface area contributed by atoms with E-state index in [2.05, 4.69) is 5.92 Å². The molecule has 0 spiro atoms. The third kappa shape index (κ3) is 2.80. The molecule has 1 aromatic rings. The van der Waals surface area contributed by atoms with Gasteiger partial charge in [0.15, 0.2) is 5.22 Å². The zero-order chi connectivity index (χ0) is 9.68.